The van der Waals surface area contributed by atoms with Crippen LogP contribution in [0.2, 0.25) is 0 Å². The number of ether oxygens (including phenoxy) is 1. The average molecular weight is 525 g/mol. The van der Waals surface area contributed by atoms with Crippen molar-refractivity contribution in [2.24, 2.45) is 0 Å². The van der Waals surface area contributed by atoms with Crippen molar-refractivity contribution >= 4 is 22.4 Å². The monoisotopic (exact) mass is 524 g/mol. The van der Waals surface area contributed by atoms with Gasteiger partial charge in [-0.25, -0.2) is 9.97 Å². The van der Waals surface area contributed by atoms with Crippen LogP contribution < -0.4 is 9.80 Å². The highest BCUT2D eigenvalue weighted by Crippen LogP contribution is 2.38. The summed E-state index contributed by atoms with van der Waals surface area (Å²) in [5.74, 6) is 2.39. The van der Waals surface area contributed by atoms with Crippen LogP contribution in [0, 0.1) is 13.8 Å². The third kappa shape index (κ3) is 4.67. The Hall–Kier alpha value is -3.45. The summed E-state index contributed by atoms with van der Waals surface area (Å²) in [6, 6.07) is 11.5. The maximum absolute atomic E-state index is 5.75. The van der Waals surface area contributed by atoms with E-state index in [1.807, 2.05) is 13.3 Å². The molecule has 0 aliphatic carbocycles. The molecule has 2 aliphatic heterocycles. The van der Waals surface area contributed by atoms with Crippen LogP contribution in [0.4, 0.5) is 11.5 Å². The minimum absolute atomic E-state index is 0.299. The molecule has 204 valence electrons. The minimum atomic E-state index is 0.299. The molecule has 0 amide bonds. The third-order valence-electron chi connectivity index (χ3n) is 8.77. The fraction of sp³-hybridized carbons (Fsp3) is 0.469. The lowest BCUT2D eigenvalue weighted by Gasteiger charge is -2.41. The zero-order chi connectivity index (χ0) is 27.3. The lowest BCUT2D eigenvalue weighted by molar-refractivity contribution is 0.0719. The first-order valence-electron chi connectivity index (χ1n) is 14.3. The predicted octanol–water partition coefficient (Wildman–Crippen LogP) is 6.33. The summed E-state index contributed by atoms with van der Waals surface area (Å²) in [5, 5.41) is 8.51. The number of hydrogen-bond acceptors (Lipinski definition) is 6. The van der Waals surface area contributed by atoms with Crippen LogP contribution in [-0.4, -0.2) is 52.5 Å². The SMILES string of the molecule is CO[C@@H]1CCN(c2nc(-c3c(C)ccc4[nH]ncc34)nc3c2CN(c2cc(C(C)C)ccc2C)CC3)[C@H](C)C1. The third-order valence-corrected chi connectivity index (χ3v) is 8.77. The molecule has 6 rings (SSSR count). The average Bonchev–Trinajstić information content (AvgIpc) is 3.41. The van der Waals surface area contributed by atoms with Crippen molar-refractivity contribution in [3.63, 3.8) is 0 Å². The van der Waals surface area contributed by atoms with E-state index in [0.717, 1.165) is 67.0 Å². The van der Waals surface area contributed by atoms with Gasteiger partial charge in [0.1, 0.15) is 5.82 Å². The second-order valence-corrected chi connectivity index (χ2v) is 11.7. The Morgan fingerprint density at radius 2 is 1.87 bits per heavy atom. The van der Waals surface area contributed by atoms with Crippen LogP contribution in [0.5, 0.6) is 0 Å². The van der Waals surface area contributed by atoms with Crippen LogP contribution in [0.25, 0.3) is 22.3 Å². The number of H-pyrrole nitrogens is 1. The number of fused-ring (bicyclic) bond motifs is 2. The fourth-order valence-electron chi connectivity index (χ4n) is 6.36. The van der Waals surface area contributed by atoms with Crippen LogP contribution in [0.15, 0.2) is 36.5 Å². The second kappa shape index (κ2) is 10.3. The second-order valence-electron chi connectivity index (χ2n) is 11.7. The first-order chi connectivity index (χ1) is 18.8. The number of aromatic amines is 1. The van der Waals surface area contributed by atoms with E-state index in [-0.39, 0.29) is 0 Å². The zero-order valence-electron chi connectivity index (χ0n) is 24.1. The number of aryl methyl sites for hydroxylation is 2. The van der Waals surface area contributed by atoms with Crippen molar-refractivity contribution in [3.05, 3.63) is 64.5 Å². The van der Waals surface area contributed by atoms with E-state index in [2.05, 4.69) is 84.9 Å². The molecule has 4 aromatic rings. The molecule has 2 aliphatic rings. The van der Waals surface area contributed by atoms with Gasteiger partial charge in [-0.15, -0.1) is 0 Å². The molecule has 0 radical (unpaired) electrons. The van der Waals surface area contributed by atoms with Crippen LogP contribution in [0.1, 0.15) is 67.5 Å². The molecule has 7 nitrogen and oxygen atoms in total. The number of hydrogen-bond donors (Lipinski definition) is 1. The number of benzene rings is 2. The Bertz CT molecular complexity index is 1510. The summed E-state index contributed by atoms with van der Waals surface area (Å²) in [6.07, 6.45) is 5.10. The van der Waals surface area contributed by atoms with Gasteiger partial charge in [0.05, 0.1) is 23.5 Å². The van der Waals surface area contributed by atoms with Gasteiger partial charge in [-0.1, -0.05) is 32.0 Å². The Balaban J connectivity index is 1.47. The van der Waals surface area contributed by atoms with Gasteiger partial charge in [0.25, 0.3) is 0 Å². The molecule has 0 unspecified atom stereocenters. The molecule has 39 heavy (non-hydrogen) atoms. The van der Waals surface area contributed by atoms with E-state index >= 15 is 0 Å². The van der Waals surface area contributed by atoms with Crippen LogP contribution >= 0.6 is 0 Å². The summed E-state index contributed by atoms with van der Waals surface area (Å²) >= 11 is 0. The van der Waals surface area contributed by atoms with E-state index in [1.165, 1.54) is 33.6 Å². The molecule has 2 atom stereocenters. The summed E-state index contributed by atoms with van der Waals surface area (Å²) in [6.45, 7) is 13.9. The van der Waals surface area contributed by atoms with Crippen molar-refractivity contribution < 1.29 is 4.74 Å². The van der Waals surface area contributed by atoms with Crippen molar-refractivity contribution in [3.8, 4) is 11.4 Å². The van der Waals surface area contributed by atoms with Gasteiger partial charge in [0, 0.05) is 61.4 Å². The van der Waals surface area contributed by atoms with Gasteiger partial charge in [0.15, 0.2) is 5.82 Å². The van der Waals surface area contributed by atoms with E-state index in [0.29, 0.717) is 18.1 Å². The van der Waals surface area contributed by atoms with Gasteiger partial charge in [-0.3, -0.25) is 5.10 Å². The zero-order valence-corrected chi connectivity index (χ0v) is 24.1. The van der Waals surface area contributed by atoms with Crippen molar-refractivity contribution in [1.82, 2.24) is 20.2 Å². The Morgan fingerprint density at radius 1 is 1.05 bits per heavy atom. The van der Waals surface area contributed by atoms with Crippen LogP contribution in [0.3, 0.4) is 0 Å². The molecule has 0 bridgehead atoms. The van der Waals surface area contributed by atoms with Crippen LogP contribution in [-0.2, 0) is 17.7 Å². The van der Waals surface area contributed by atoms with Gasteiger partial charge >= 0.3 is 0 Å². The molecular weight excluding hydrogens is 484 g/mol. The Labute approximate surface area is 231 Å². The highest BCUT2D eigenvalue weighted by molar-refractivity contribution is 5.94. The molecule has 0 spiro atoms. The molecule has 2 aromatic heterocycles. The predicted molar refractivity (Wildman–Crippen MR) is 159 cm³/mol. The highest BCUT2D eigenvalue weighted by Gasteiger charge is 2.32. The first kappa shape index (κ1) is 25.8. The van der Waals surface area contributed by atoms with E-state index < -0.39 is 0 Å². The molecule has 0 saturated carbocycles. The van der Waals surface area contributed by atoms with E-state index in [9.17, 15) is 0 Å². The number of methoxy groups -OCH3 is 1. The summed E-state index contributed by atoms with van der Waals surface area (Å²) < 4.78 is 5.75. The molecule has 1 fully saturated rings. The number of piperidine rings is 1. The number of aromatic nitrogens is 4. The van der Waals surface area contributed by atoms with Crippen molar-refractivity contribution in [2.75, 3.05) is 30.0 Å². The Kier molecular flexibility index (Phi) is 6.79. The van der Waals surface area contributed by atoms with E-state index in [4.69, 9.17) is 14.7 Å². The molecule has 4 heterocycles. The largest absolute Gasteiger partial charge is 0.381 e. The number of nitrogens with zero attached hydrogens (tertiary/aromatic N) is 5. The normalized spacial score (nSPS) is 19.7. The number of nitrogens with one attached hydrogen (secondary N) is 1. The van der Waals surface area contributed by atoms with Crippen molar-refractivity contribution in [1.29, 1.82) is 0 Å². The summed E-state index contributed by atoms with van der Waals surface area (Å²) in [7, 11) is 1.83. The highest BCUT2D eigenvalue weighted by atomic mass is 16.5. The number of rotatable bonds is 5. The molecule has 1 N–H and O–H groups in total. The molecule has 7 heteroatoms. The molecule has 1 saturated heterocycles. The Morgan fingerprint density at radius 3 is 2.64 bits per heavy atom. The van der Waals surface area contributed by atoms with E-state index in [1.54, 1.807) is 0 Å². The summed E-state index contributed by atoms with van der Waals surface area (Å²) in [5.41, 5.74) is 9.72. The standard InChI is InChI=1S/C32H40N6O/c1-19(2)23-9-7-20(3)29(16-23)37-13-12-27-26(18-37)32(38-14-11-24(39-6)15-22(38)5)35-31(34-27)30-21(4)8-10-28-25(30)17-33-36-28/h7-10,16-17,19,22,24H,11-15,18H2,1-6H3,(H,33,36)/t22-,24-/m1/s1. The van der Waals surface area contributed by atoms with Crippen molar-refractivity contribution in [2.45, 2.75) is 78.5 Å². The van der Waals surface area contributed by atoms with Gasteiger partial charge < -0.3 is 14.5 Å². The summed E-state index contributed by atoms with van der Waals surface area (Å²) in [4.78, 5) is 15.7. The molecular formula is C32H40N6O. The lowest BCUT2D eigenvalue weighted by Crippen LogP contribution is -2.45. The molecule has 2 aromatic carbocycles. The topological polar surface area (TPSA) is 70.2 Å². The number of anilines is 2. The lowest BCUT2D eigenvalue weighted by atomic mass is 9.96. The minimum Gasteiger partial charge on any atom is -0.381 e. The fourth-order valence-corrected chi connectivity index (χ4v) is 6.36. The maximum Gasteiger partial charge on any atom is 0.162 e. The smallest absolute Gasteiger partial charge is 0.162 e. The van der Waals surface area contributed by atoms with Gasteiger partial charge in [-0.05, 0) is 68.4 Å². The maximum atomic E-state index is 5.75. The van der Waals surface area contributed by atoms with Gasteiger partial charge in [-0.2, -0.15) is 5.10 Å². The van der Waals surface area contributed by atoms with Gasteiger partial charge in [0.2, 0.25) is 0 Å². The first-order valence-corrected chi connectivity index (χ1v) is 14.3. The quantitative estimate of drug-likeness (QED) is 0.329.